The molecule has 1 aromatic rings. The summed E-state index contributed by atoms with van der Waals surface area (Å²) in [6.07, 6.45) is 2.65. The van der Waals surface area contributed by atoms with Crippen LogP contribution in [-0.4, -0.2) is 30.4 Å². The number of rotatable bonds is 4. The summed E-state index contributed by atoms with van der Waals surface area (Å²) in [4.78, 5) is 12.4. The van der Waals surface area contributed by atoms with Crippen molar-refractivity contribution in [3.05, 3.63) is 24.3 Å². The Morgan fingerprint density at radius 1 is 1.35 bits per heavy atom. The molecule has 128 valence electrons. The molecule has 2 atom stereocenters. The summed E-state index contributed by atoms with van der Waals surface area (Å²) in [6, 6.07) is 6.96. The Balaban J connectivity index is 2.10. The van der Waals surface area contributed by atoms with Gasteiger partial charge in [-0.15, -0.1) is 0 Å². The maximum atomic E-state index is 12.4. The second kappa shape index (κ2) is 6.79. The Bertz CT molecular complexity index is 559. The summed E-state index contributed by atoms with van der Waals surface area (Å²) in [7, 11) is 1.57. The van der Waals surface area contributed by atoms with E-state index in [0.29, 0.717) is 17.4 Å². The van der Waals surface area contributed by atoms with E-state index in [-0.39, 0.29) is 18.1 Å². The Hall–Kier alpha value is -1.75. The first kappa shape index (κ1) is 17.6. The Kier molecular flexibility index (Phi) is 5.19. The summed E-state index contributed by atoms with van der Waals surface area (Å²) in [5.41, 5.74) is 0.134. The van der Waals surface area contributed by atoms with Gasteiger partial charge in [0.05, 0.1) is 24.9 Å². The fraction of sp³-hybridized carbons (Fsp3) is 0.611. The van der Waals surface area contributed by atoms with Crippen LogP contribution in [0.3, 0.4) is 0 Å². The zero-order valence-electron chi connectivity index (χ0n) is 14.5. The molecule has 0 aliphatic heterocycles. The first-order valence-corrected chi connectivity index (χ1v) is 8.12. The van der Waals surface area contributed by atoms with E-state index in [0.717, 1.165) is 19.3 Å². The predicted octanol–water partition coefficient (Wildman–Crippen LogP) is 3.39. The number of nitrogens with one attached hydrogen (secondary N) is 2. The predicted molar refractivity (Wildman–Crippen MR) is 91.8 cm³/mol. The highest BCUT2D eigenvalue weighted by Crippen LogP contribution is 2.43. The van der Waals surface area contributed by atoms with E-state index in [9.17, 15) is 9.90 Å². The molecule has 1 aliphatic carbocycles. The van der Waals surface area contributed by atoms with Crippen LogP contribution in [0.25, 0.3) is 0 Å². The minimum absolute atomic E-state index is 0.0554. The molecule has 2 amide bonds. The number of hydrogen-bond donors (Lipinski definition) is 3. The molecule has 5 nitrogen and oxygen atoms in total. The SMILES string of the molecule is COc1ccccc1NC(=O)N[C@]1(CO)C[C@H](C)CC(C)(C)C1. The number of para-hydroxylation sites is 2. The normalized spacial score (nSPS) is 26.4. The van der Waals surface area contributed by atoms with Crippen molar-refractivity contribution in [3.63, 3.8) is 0 Å². The molecule has 1 aliphatic rings. The van der Waals surface area contributed by atoms with E-state index in [1.54, 1.807) is 19.2 Å². The summed E-state index contributed by atoms with van der Waals surface area (Å²) >= 11 is 0. The van der Waals surface area contributed by atoms with Crippen LogP contribution in [0.5, 0.6) is 5.75 Å². The van der Waals surface area contributed by atoms with Gasteiger partial charge in [-0.2, -0.15) is 0 Å². The van der Waals surface area contributed by atoms with Crippen molar-refractivity contribution in [1.29, 1.82) is 0 Å². The highest BCUT2D eigenvalue weighted by molar-refractivity contribution is 5.91. The molecule has 1 saturated carbocycles. The van der Waals surface area contributed by atoms with Gasteiger partial charge in [-0.05, 0) is 42.7 Å². The lowest BCUT2D eigenvalue weighted by Gasteiger charge is -2.47. The van der Waals surface area contributed by atoms with Crippen molar-refractivity contribution in [2.24, 2.45) is 11.3 Å². The van der Waals surface area contributed by atoms with Crippen LogP contribution in [0.4, 0.5) is 10.5 Å². The molecule has 0 aromatic heterocycles. The second-order valence-corrected chi connectivity index (χ2v) is 7.57. The fourth-order valence-electron chi connectivity index (χ4n) is 4.14. The van der Waals surface area contributed by atoms with Gasteiger partial charge in [-0.3, -0.25) is 0 Å². The molecule has 0 spiro atoms. The van der Waals surface area contributed by atoms with Crippen LogP contribution in [0.15, 0.2) is 24.3 Å². The van der Waals surface area contributed by atoms with Gasteiger partial charge < -0.3 is 20.5 Å². The lowest BCUT2D eigenvalue weighted by molar-refractivity contribution is 0.0445. The minimum Gasteiger partial charge on any atom is -0.495 e. The van der Waals surface area contributed by atoms with Crippen molar-refractivity contribution < 1.29 is 14.6 Å². The molecule has 0 heterocycles. The van der Waals surface area contributed by atoms with E-state index in [2.05, 4.69) is 31.4 Å². The van der Waals surface area contributed by atoms with Gasteiger partial charge in [0.25, 0.3) is 0 Å². The average molecular weight is 320 g/mol. The first-order valence-electron chi connectivity index (χ1n) is 8.12. The van der Waals surface area contributed by atoms with Crippen molar-refractivity contribution in [2.45, 2.75) is 45.6 Å². The number of urea groups is 1. The van der Waals surface area contributed by atoms with Gasteiger partial charge in [0, 0.05) is 0 Å². The van der Waals surface area contributed by atoms with E-state index in [1.165, 1.54) is 0 Å². The smallest absolute Gasteiger partial charge is 0.319 e. The summed E-state index contributed by atoms with van der Waals surface area (Å²) in [6.45, 7) is 6.49. The number of hydrogen-bond acceptors (Lipinski definition) is 3. The quantitative estimate of drug-likeness (QED) is 0.796. The summed E-state index contributed by atoms with van der Waals surface area (Å²) in [5, 5.41) is 15.8. The van der Waals surface area contributed by atoms with E-state index in [4.69, 9.17) is 4.74 Å². The van der Waals surface area contributed by atoms with Crippen molar-refractivity contribution in [2.75, 3.05) is 19.0 Å². The standard InChI is InChI=1S/C18H28N2O3/c1-13-9-17(2,3)11-18(10-13,12-21)20-16(22)19-14-7-5-6-8-15(14)23-4/h5-8,13,21H,9-12H2,1-4H3,(H2,19,20,22)/t13-,18-/m1/s1. The summed E-state index contributed by atoms with van der Waals surface area (Å²) in [5.74, 6) is 1.07. The van der Waals surface area contributed by atoms with Crippen molar-refractivity contribution >= 4 is 11.7 Å². The van der Waals surface area contributed by atoms with Crippen LogP contribution < -0.4 is 15.4 Å². The number of anilines is 1. The molecule has 0 radical (unpaired) electrons. The largest absolute Gasteiger partial charge is 0.495 e. The Morgan fingerprint density at radius 2 is 2.04 bits per heavy atom. The number of aliphatic hydroxyl groups excluding tert-OH is 1. The molecule has 0 unspecified atom stereocenters. The van der Waals surface area contributed by atoms with Gasteiger partial charge in [-0.25, -0.2) is 4.79 Å². The lowest BCUT2D eigenvalue weighted by atomic mass is 9.64. The van der Waals surface area contributed by atoms with Gasteiger partial charge in [0.15, 0.2) is 0 Å². The molecule has 0 bridgehead atoms. The van der Waals surface area contributed by atoms with Crippen LogP contribution >= 0.6 is 0 Å². The monoisotopic (exact) mass is 320 g/mol. The lowest BCUT2D eigenvalue weighted by Crippen LogP contribution is -2.58. The van der Waals surface area contributed by atoms with Gasteiger partial charge in [0.1, 0.15) is 5.75 Å². The number of amides is 2. The zero-order chi connectivity index (χ0) is 17.1. The minimum atomic E-state index is -0.576. The third-order valence-electron chi connectivity index (χ3n) is 4.49. The molecular weight excluding hydrogens is 292 g/mol. The van der Waals surface area contributed by atoms with Gasteiger partial charge in [-0.1, -0.05) is 32.9 Å². The molecule has 3 N–H and O–H groups in total. The molecule has 1 fully saturated rings. The number of carbonyl (C=O) groups is 1. The number of methoxy groups -OCH3 is 1. The highest BCUT2D eigenvalue weighted by Gasteiger charge is 2.43. The third-order valence-corrected chi connectivity index (χ3v) is 4.49. The molecule has 1 aromatic carbocycles. The Labute approximate surface area is 138 Å². The first-order chi connectivity index (χ1) is 10.8. The van der Waals surface area contributed by atoms with E-state index in [1.807, 2.05) is 12.1 Å². The fourth-order valence-corrected chi connectivity index (χ4v) is 4.14. The molecule has 23 heavy (non-hydrogen) atoms. The third kappa shape index (κ3) is 4.38. The van der Waals surface area contributed by atoms with Gasteiger partial charge >= 0.3 is 6.03 Å². The highest BCUT2D eigenvalue weighted by atomic mass is 16.5. The molecular formula is C18H28N2O3. The number of benzene rings is 1. The van der Waals surface area contributed by atoms with Crippen molar-refractivity contribution in [1.82, 2.24) is 5.32 Å². The summed E-state index contributed by atoms with van der Waals surface area (Å²) < 4.78 is 5.25. The van der Waals surface area contributed by atoms with Crippen LogP contribution in [0.2, 0.25) is 0 Å². The second-order valence-electron chi connectivity index (χ2n) is 7.57. The maximum absolute atomic E-state index is 12.4. The molecule has 5 heteroatoms. The van der Waals surface area contributed by atoms with E-state index < -0.39 is 5.54 Å². The average Bonchev–Trinajstić information content (AvgIpc) is 2.45. The maximum Gasteiger partial charge on any atom is 0.319 e. The topological polar surface area (TPSA) is 70.6 Å². The van der Waals surface area contributed by atoms with Gasteiger partial charge in [0.2, 0.25) is 0 Å². The number of ether oxygens (including phenoxy) is 1. The number of carbonyl (C=O) groups excluding carboxylic acids is 1. The van der Waals surface area contributed by atoms with E-state index >= 15 is 0 Å². The Morgan fingerprint density at radius 3 is 2.65 bits per heavy atom. The molecule has 2 rings (SSSR count). The van der Waals surface area contributed by atoms with Crippen molar-refractivity contribution in [3.8, 4) is 5.75 Å². The zero-order valence-corrected chi connectivity index (χ0v) is 14.5. The number of aliphatic hydroxyl groups is 1. The molecule has 0 saturated heterocycles. The van der Waals surface area contributed by atoms with Crippen LogP contribution in [0, 0.1) is 11.3 Å². The van der Waals surface area contributed by atoms with Crippen LogP contribution in [0.1, 0.15) is 40.0 Å². The van der Waals surface area contributed by atoms with Crippen LogP contribution in [-0.2, 0) is 0 Å².